The highest BCUT2D eigenvalue weighted by Gasteiger charge is 2.28. The number of nitrogens with zero attached hydrogens (tertiary/aromatic N) is 1. The first-order chi connectivity index (χ1) is 8.75. The normalized spacial score (nSPS) is 20.0. The summed E-state index contributed by atoms with van der Waals surface area (Å²) in [5.74, 6) is 1.09. The van der Waals surface area contributed by atoms with Crippen LogP contribution in [0, 0.1) is 13.8 Å². The Kier molecular flexibility index (Phi) is 3.11. The summed E-state index contributed by atoms with van der Waals surface area (Å²) in [6, 6.07) is 5.03. The molecule has 0 radical (unpaired) electrons. The summed E-state index contributed by atoms with van der Waals surface area (Å²) < 4.78 is 8.41. The van der Waals surface area contributed by atoms with Crippen molar-refractivity contribution in [2.24, 2.45) is 0 Å². The van der Waals surface area contributed by atoms with E-state index < -0.39 is 0 Å². The van der Waals surface area contributed by atoms with Gasteiger partial charge in [-0.05, 0) is 37.8 Å². The highest BCUT2D eigenvalue weighted by molar-refractivity contribution is 5.83. The second kappa shape index (κ2) is 4.75. The minimum absolute atomic E-state index is 0.687. The maximum Gasteiger partial charge on any atom is 0.287 e. The van der Waals surface area contributed by atoms with Crippen molar-refractivity contribution < 1.29 is 9.31 Å². The molecule has 1 fully saturated rings. The Morgan fingerprint density at radius 1 is 1.06 bits per heavy atom. The van der Waals surface area contributed by atoms with Crippen molar-refractivity contribution in [3.05, 3.63) is 28.8 Å². The second-order valence-corrected chi connectivity index (χ2v) is 5.65. The van der Waals surface area contributed by atoms with E-state index in [1.54, 1.807) is 0 Å². The summed E-state index contributed by atoms with van der Waals surface area (Å²) in [7, 11) is 0. The minimum Gasteiger partial charge on any atom is -0.435 e. The summed E-state index contributed by atoms with van der Waals surface area (Å²) in [6.45, 7) is 5.02. The Labute approximate surface area is 109 Å². The lowest BCUT2D eigenvalue weighted by Crippen LogP contribution is -2.35. The van der Waals surface area contributed by atoms with Crippen LogP contribution in [-0.2, 0) is 0 Å². The van der Waals surface area contributed by atoms with Gasteiger partial charge in [-0.2, -0.15) is 4.58 Å². The molecule has 0 amide bonds. The van der Waals surface area contributed by atoms with Crippen molar-refractivity contribution in [1.82, 2.24) is 0 Å². The molecule has 2 aliphatic rings. The lowest BCUT2D eigenvalue weighted by Gasteiger charge is -2.24. The van der Waals surface area contributed by atoms with Gasteiger partial charge in [-0.15, -0.1) is 0 Å². The van der Waals surface area contributed by atoms with E-state index in [9.17, 15) is 0 Å². The highest BCUT2D eigenvalue weighted by atomic mass is 16.5. The van der Waals surface area contributed by atoms with Gasteiger partial charge in [0.05, 0.1) is 5.56 Å². The monoisotopic (exact) mass is 244 g/mol. The van der Waals surface area contributed by atoms with E-state index in [2.05, 4.69) is 36.8 Å². The van der Waals surface area contributed by atoms with Gasteiger partial charge in [0.15, 0.2) is 12.3 Å². The lowest BCUT2D eigenvalue weighted by molar-refractivity contribution is -0.594. The highest BCUT2D eigenvalue weighted by Crippen LogP contribution is 2.29. The number of hydrogen-bond donors (Lipinski definition) is 0. The largest absolute Gasteiger partial charge is 0.435 e. The van der Waals surface area contributed by atoms with Gasteiger partial charge < -0.3 is 4.74 Å². The molecule has 0 spiro atoms. The van der Waals surface area contributed by atoms with E-state index in [4.69, 9.17) is 4.74 Å². The van der Waals surface area contributed by atoms with Gasteiger partial charge in [0, 0.05) is 12.8 Å². The van der Waals surface area contributed by atoms with E-state index in [0.717, 1.165) is 12.5 Å². The van der Waals surface area contributed by atoms with E-state index in [1.807, 2.05) is 0 Å². The third kappa shape index (κ3) is 2.05. The van der Waals surface area contributed by atoms with E-state index in [0.29, 0.717) is 6.04 Å². The van der Waals surface area contributed by atoms with Crippen LogP contribution < -0.4 is 4.74 Å². The quantitative estimate of drug-likeness (QED) is 0.689. The van der Waals surface area contributed by atoms with Crippen LogP contribution in [0.1, 0.15) is 48.8 Å². The SMILES string of the molecule is Cc1ccc(C)c2c1C=[N+](C1CCCCC1)CO2. The van der Waals surface area contributed by atoms with Gasteiger partial charge in [0.25, 0.3) is 6.73 Å². The number of ether oxygens (including phenoxy) is 1. The smallest absolute Gasteiger partial charge is 0.287 e. The fourth-order valence-corrected chi connectivity index (χ4v) is 3.12. The molecule has 1 saturated carbocycles. The second-order valence-electron chi connectivity index (χ2n) is 5.65. The third-order valence-electron chi connectivity index (χ3n) is 4.31. The van der Waals surface area contributed by atoms with Crippen LogP contribution in [0.2, 0.25) is 0 Å². The van der Waals surface area contributed by atoms with Crippen LogP contribution in [0.4, 0.5) is 0 Å². The number of hydrogen-bond acceptors (Lipinski definition) is 1. The molecule has 0 unspecified atom stereocenters. The zero-order valence-corrected chi connectivity index (χ0v) is 11.4. The summed E-state index contributed by atoms with van der Waals surface area (Å²) in [5.41, 5.74) is 3.85. The molecule has 0 N–H and O–H groups in total. The Morgan fingerprint density at radius 2 is 1.78 bits per heavy atom. The Hall–Kier alpha value is -1.31. The average molecular weight is 244 g/mol. The van der Waals surface area contributed by atoms with E-state index >= 15 is 0 Å². The predicted molar refractivity (Wildman–Crippen MR) is 73.7 cm³/mol. The molecule has 0 saturated heterocycles. The van der Waals surface area contributed by atoms with Crippen LogP contribution in [0.15, 0.2) is 12.1 Å². The van der Waals surface area contributed by atoms with Crippen LogP contribution in [0.3, 0.4) is 0 Å². The van der Waals surface area contributed by atoms with Gasteiger partial charge in [0.2, 0.25) is 0 Å². The van der Waals surface area contributed by atoms with Gasteiger partial charge in [-0.1, -0.05) is 18.6 Å². The van der Waals surface area contributed by atoms with Crippen LogP contribution in [0.25, 0.3) is 0 Å². The number of benzene rings is 1. The van der Waals surface area contributed by atoms with Crippen molar-refractivity contribution >= 4 is 6.21 Å². The van der Waals surface area contributed by atoms with E-state index in [1.165, 1.54) is 48.8 Å². The standard InChI is InChI=1S/C16H22NO/c1-12-8-9-13(2)16-15(12)10-17(11-18-16)14-6-4-3-5-7-14/h8-10,14H,3-7,11H2,1-2H3/q+1. The lowest BCUT2D eigenvalue weighted by atomic mass is 9.94. The zero-order chi connectivity index (χ0) is 12.5. The molecule has 3 rings (SSSR count). The molecule has 1 aromatic carbocycles. The van der Waals surface area contributed by atoms with Crippen molar-refractivity contribution in [2.75, 3.05) is 6.73 Å². The summed E-state index contributed by atoms with van der Waals surface area (Å²) >= 11 is 0. The van der Waals surface area contributed by atoms with Gasteiger partial charge >= 0.3 is 0 Å². The fraction of sp³-hybridized carbons (Fsp3) is 0.562. The molecule has 1 aliphatic heterocycles. The van der Waals surface area contributed by atoms with Gasteiger partial charge in [-0.25, -0.2) is 0 Å². The Bertz CT molecular complexity index is 484. The molecule has 2 heteroatoms. The molecule has 1 aliphatic carbocycles. The van der Waals surface area contributed by atoms with Crippen LogP contribution in [-0.4, -0.2) is 23.6 Å². The van der Waals surface area contributed by atoms with Gasteiger partial charge in [-0.3, -0.25) is 0 Å². The molecule has 1 aromatic rings. The third-order valence-corrected chi connectivity index (χ3v) is 4.31. The predicted octanol–water partition coefficient (Wildman–Crippen LogP) is 3.42. The molecule has 0 atom stereocenters. The maximum absolute atomic E-state index is 6.00. The van der Waals surface area contributed by atoms with Crippen LogP contribution in [0.5, 0.6) is 5.75 Å². The molecular weight excluding hydrogens is 222 g/mol. The van der Waals surface area contributed by atoms with Crippen molar-refractivity contribution in [3.8, 4) is 5.75 Å². The zero-order valence-electron chi connectivity index (χ0n) is 11.4. The van der Waals surface area contributed by atoms with E-state index in [-0.39, 0.29) is 0 Å². The van der Waals surface area contributed by atoms with Crippen molar-refractivity contribution in [3.63, 3.8) is 0 Å². The number of rotatable bonds is 1. The first-order valence-corrected chi connectivity index (χ1v) is 7.09. The molecule has 2 nitrogen and oxygen atoms in total. The molecule has 0 bridgehead atoms. The molecular formula is C16H22NO+. The maximum atomic E-state index is 6.00. The first-order valence-electron chi connectivity index (χ1n) is 7.09. The summed E-state index contributed by atoms with van der Waals surface area (Å²) in [6.07, 6.45) is 9.11. The fourth-order valence-electron chi connectivity index (χ4n) is 3.12. The molecule has 18 heavy (non-hydrogen) atoms. The Morgan fingerprint density at radius 3 is 2.56 bits per heavy atom. The summed E-state index contributed by atoms with van der Waals surface area (Å²) in [5, 5.41) is 0. The van der Waals surface area contributed by atoms with Gasteiger partial charge in [0.1, 0.15) is 5.75 Å². The van der Waals surface area contributed by atoms with Crippen molar-refractivity contribution in [1.29, 1.82) is 0 Å². The molecule has 0 aromatic heterocycles. The number of fused-ring (bicyclic) bond motifs is 1. The number of aryl methyl sites for hydroxylation is 2. The molecule has 96 valence electrons. The minimum atomic E-state index is 0.687. The van der Waals surface area contributed by atoms with Crippen LogP contribution >= 0.6 is 0 Å². The topological polar surface area (TPSA) is 12.2 Å². The summed E-state index contributed by atoms with van der Waals surface area (Å²) in [4.78, 5) is 0. The Balaban J connectivity index is 1.95. The average Bonchev–Trinajstić information content (AvgIpc) is 2.44. The molecule has 1 heterocycles. The van der Waals surface area contributed by atoms with Crippen molar-refractivity contribution in [2.45, 2.75) is 52.0 Å². The first kappa shape index (κ1) is 11.8.